The lowest BCUT2D eigenvalue weighted by molar-refractivity contribution is 0.866. The Morgan fingerprint density at radius 1 is 1.10 bits per heavy atom. The van der Waals surface area contributed by atoms with Crippen molar-refractivity contribution in [3.05, 3.63) is 36.0 Å². The molecule has 5 nitrogen and oxygen atoms in total. The van der Waals surface area contributed by atoms with Gasteiger partial charge in [0, 0.05) is 36.2 Å². The van der Waals surface area contributed by atoms with Gasteiger partial charge in [-0.15, -0.1) is 0 Å². The summed E-state index contributed by atoms with van der Waals surface area (Å²) in [6.45, 7) is 8.22. The molecule has 1 aromatic heterocycles. The Kier molecular flexibility index (Phi) is 4.40. The molecule has 0 amide bonds. The molecule has 0 radical (unpaired) electrons. The largest absolute Gasteiger partial charge is 0.372 e. The second kappa shape index (κ2) is 6.23. The highest BCUT2D eigenvalue weighted by Crippen LogP contribution is 2.20. The average Bonchev–Trinajstić information content (AvgIpc) is 2.41. The molecule has 5 heteroatoms. The Hall–Kier alpha value is -2.30. The van der Waals surface area contributed by atoms with Gasteiger partial charge in [-0.2, -0.15) is 4.98 Å². The first-order chi connectivity index (χ1) is 9.62. The van der Waals surface area contributed by atoms with E-state index < -0.39 is 0 Å². The Morgan fingerprint density at radius 2 is 1.75 bits per heavy atom. The van der Waals surface area contributed by atoms with E-state index in [4.69, 9.17) is 5.73 Å². The molecule has 1 heterocycles. The Balaban J connectivity index is 2.14. The van der Waals surface area contributed by atoms with Gasteiger partial charge in [0.1, 0.15) is 5.82 Å². The van der Waals surface area contributed by atoms with Gasteiger partial charge in [0.2, 0.25) is 5.95 Å². The number of anilines is 4. The van der Waals surface area contributed by atoms with Crippen LogP contribution in [0.5, 0.6) is 0 Å². The summed E-state index contributed by atoms with van der Waals surface area (Å²) in [7, 11) is 0. The standard InChI is InChI=1S/C15H21N5/c1-4-20(5-2)13-8-6-12(7-9-13)18-14-10-11(3)17-15(16)19-14/h6-10H,4-5H2,1-3H3,(H3,16,17,18,19). The van der Waals surface area contributed by atoms with Crippen LogP contribution in [-0.4, -0.2) is 23.1 Å². The van der Waals surface area contributed by atoms with E-state index in [0.717, 1.165) is 24.5 Å². The van der Waals surface area contributed by atoms with Gasteiger partial charge in [-0.25, -0.2) is 4.98 Å². The predicted octanol–water partition coefficient (Wildman–Crippen LogP) is 2.96. The molecular weight excluding hydrogens is 250 g/mol. The van der Waals surface area contributed by atoms with Gasteiger partial charge in [-0.05, 0) is 45.0 Å². The van der Waals surface area contributed by atoms with E-state index >= 15 is 0 Å². The molecule has 0 saturated carbocycles. The molecule has 0 aliphatic rings. The summed E-state index contributed by atoms with van der Waals surface area (Å²) < 4.78 is 0. The van der Waals surface area contributed by atoms with Crippen molar-refractivity contribution in [2.45, 2.75) is 20.8 Å². The van der Waals surface area contributed by atoms with Crippen molar-refractivity contribution < 1.29 is 0 Å². The average molecular weight is 271 g/mol. The van der Waals surface area contributed by atoms with E-state index in [1.165, 1.54) is 5.69 Å². The van der Waals surface area contributed by atoms with Gasteiger partial charge in [0.25, 0.3) is 0 Å². The summed E-state index contributed by atoms with van der Waals surface area (Å²) in [5.41, 5.74) is 8.70. The number of hydrogen-bond donors (Lipinski definition) is 2. The van der Waals surface area contributed by atoms with Gasteiger partial charge in [0.05, 0.1) is 0 Å². The van der Waals surface area contributed by atoms with E-state index in [1.807, 2.05) is 25.1 Å². The third-order valence-electron chi connectivity index (χ3n) is 3.14. The number of nitrogens with zero attached hydrogens (tertiary/aromatic N) is 3. The van der Waals surface area contributed by atoms with Gasteiger partial charge in [0.15, 0.2) is 0 Å². The van der Waals surface area contributed by atoms with Crippen molar-refractivity contribution >= 4 is 23.1 Å². The van der Waals surface area contributed by atoms with Crippen LogP contribution in [0.15, 0.2) is 30.3 Å². The molecule has 0 saturated heterocycles. The monoisotopic (exact) mass is 271 g/mol. The van der Waals surface area contributed by atoms with Gasteiger partial charge in [-0.1, -0.05) is 0 Å². The van der Waals surface area contributed by atoms with Crippen LogP contribution in [0, 0.1) is 6.92 Å². The molecule has 20 heavy (non-hydrogen) atoms. The molecule has 0 spiro atoms. The smallest absolute Gasteiger partial charge is 0.222 e. The lowest BCUT2D eigenvalue weighted by atomic mass is 10.2. The van der Waals surface area contributed by atoms with Crippen LogP contribution in [0.3, 0.4) is 0 Å². The third kappa shape index (κ3) is 3.38. The highest BCUT2D eigenvalue weighted by Gasteiger charge is 2.03. The number of benzene rings is 1. The van der Waals surface area contributed by atoms with E-state index in [9.17, 15) is 0 Å². The number of nitrogens with one attached hydrogen (secondary N) is 1. The lowest BCUT2D eigenvalue weighted by Crippen LogP contribution is -2.21. The van der Waals surface area contributed by atoms with Crippen molar-refractivity contribution in [1.82, 2.24) is 9.97 Å². The minimum atomic E-state index is 0.285. The van der Waals surface area contributed by atoms with Gasteiger partial charge in [-0.3, -0.25) is 0 Å². The Morgan fingerprint density at radius 3 is 2.30 bits per heavy atom. The molecule has 0 unspecified atom stereocenters. The normalized spacial score (nSPS) is 10.3. The highest BCUT2D eigenvalue weighted by atomic mass is 15.1. The van der Waals surface area contributed by atoms with E-state index in [-0.39, 0.29) is 5.95 Å². The maximum Gasteiger partial charge on any atom is 0.222 e. The number of aryl methyl sites for hydroxylation is 1. The van der Waals surface area contributed by atoms with Crippen LogP contribution < -0.4 is 16.0 Å². The molecule has 0 aliphatic carbocycles. The summed E-state index contributed by atoms with van der Waals surface area (Å²) in [5, 5.41) is 3.24. The fourth-order valence-electron chi connectivity index (χ4n) is 2.15. The molecule has 2 aromatic rings. The molecule has 2 rings (SSSR count). The minimum absolute atomic E-state index is 0.285. The first kappa shape index (κ1) is 14.1. The zero-order valence-corrected chi connectivity index (χ0v) is 12.2. The molecule has 106 valence electrons. The SMILES string of the molecule is CCN(CC)c1ccc(Nc2cc(C)nc(N)n2)cc1. The Labute approximate surface area is 119 Å². The zero-order valence-electron chi connectivity index (χ0n) is 12.2. The number of nitrogens with two attached hydrogens (primary N) is 1. The minimum Gasteiger partial charge on any atom is -0.372 e. The molecular formula is C15H21N5. The maximum absolute atomic E-state index is 5.64. The van der Waals surface area contributed by atoms with Crippen LogP contribution >= 0.6 is 0 Å². The first-order valence-corrected chi connectivity index (χ1v) is 6.85. The summed E-state index contributed by atoms with van der Waals surface area (Å²) in [4.78, 5) is 10.5. The topological polar surface area (TPSA) is 67.1 Å². The molecule has 0 bridgehead atoms. The van der Waals surface area contributed by atoms with Crippen LogP contribution in [-0.2, 0) is 0 Å². The van der Waals surface area contributed by atoms with Gasteiger partial charge < -0.3 is 16.0 Å². The Bertz CT molecular complexity index is 541. The van der Waals surface area contributed by atoms with Crippen molar-refractivity contribution in [3.8, 4) is 0 Å². The summed E-state index contributed by atoms with van der Waals surface area (Å²) >= 11 is 0. The number of aromatic nitrogens is 2. The number of rotatable bonds is 5. The van der Waals surface area contributed by atoms with Crippen LogP contribution in [0.4, 0.5) is 23.1 Å². The van der Waals surface area contributed by atoms with Crippen molar-refractivity contribution in [3.63, 3.8) is 0 Å². The van der Waals surface area contributed by atoms with Crippen LogP contribution in [0.1, 0.15) is 19.5 Å². The summed E-state index contributed by atoms with van der Waals surface area (Å²) in [6.07, 6.45) is 0. The second-order valence-electron chi connectivity index (χ2n) is 4.60. The van der Waals surface area contributed by atoms with Crippen molar-refractivity contribution in [2.24, 2.45) is 0 Å². The quantitative estimate of drug-likeness (QED) is 0.875. The molecule has 0 fully saturated rings. The number of nitrogen functional groups attached to an aromatic ring is 1. The van der Waals surface area contributed by atoms with E-state index in [2.05, 4.69) is 46.2 Å². The second-order valence-corrected chi connectivity index (χ2v) is 4.60. The maximum atomic E-state index is 5.64. The number of hydrogen-bond acceptors (Lipinski definition) is 5. The third-order valence-corrected chi connectivity index (χ3v) is 3.14. The summed E-state index contributed by atoms with van der Waals surface area (Å²) in [5.74, 6) is 0.998. The summed E-state index contributed by atoms with van der Waals surface area (Å²) in [6, 6.07) is 10.2. The lowest BCUT2D eigenvalue weighted by Gasteiger charge is -2.21. The molecule has 1 aromatic carbocycles. The fourth-order valence-corrected chi connectivity index (χ4v) is 2.15. The van der Waals surface area contributed by atoms with Crippen molar-refractivity contribution in [1.29, 1.82) is 0 Å². The van der Waals surface area contributed by atoms with E-state index in [1.54, 1.807) is 0 Å². The molecule has 0 atom stereocenters. The zero-order chi connectivity index (χ0) is 14.5. The van der Waals surface area contributed by atoms with E-state index in [0.29, 0.717) is 5.82 Å². The van der Waals surface area contributed by atoms with Crippen molar-refractivity contribution in [2.75, 3.05) is 29.0 Å². The first-order valence-electron chi connectivity index (χ1n) is 6.85. The van der Waals surface area contributed by atoms with Crippen LogP contribution in [0.2, 0.25) is 0 Å². The highest BCUT2D eigenvalue weighted by molar-refractivity contribution is 5.61. The fraction of sp³-hybridized carbons (Fsp3) is 0.333. The van der Waals surface area contributed by atoms with Gasteiger partial charge >= 0.3 is 0 Å². The molecule has 3 N–H and O–H groups in total. The molecule has 0 aliphatic heterocycles. The predicted molar refractivity (Wildman–Crippen MR) is 84.5 cm³/mol. The van der Waals surface area contributed by atoms with Crippen LogP contribution in [0.25, 0.3) is 0 Å².